The van der Waals surface area contributed by atoms with Crippen LogP contribution in [0.25, 0.3) is 0 Å². The highest BCUT2D eigenvalue weighted by molar-refractivity contribution is 4.68. The normalized spacial score (nSPS) is 29.5. The van der Waals surface area contributed by atoms with E-state index in [4.69, 9.17) is 0 Å². The molecule has 0 aromatic carbocycles. The van der Waals surface area contributed by atoms with E-state index >= 15 is 0 Å². The number of alkyl halides is 1. The van der Waals surface area contributed by atoms with Gasteiger partial charge in [-0.25, -0.2) is 4.39 Å². The van der Waals surface area contributed by atoms with Crippen LogP contribution in [0.5, 0.6) is 0 Å². The molecule has 66 valence electrons. The summed E-state index contributed by atoms with van der Waals surface area (Å²) >= 11 is 0. The van der Waals surface area contributed by atoms with Crippen molar-refractivity contribution in [1.29, 1.82) is 0 Å². The zero-order chi connectivity index (χ0) is 8.10. The van der Waals surface area contributed by atoms with Crippen molar-refractivity contribution < 1.29 is 4.39 Å². The zero-order valence-electron chi connectivity index (χ0n) is 7.28. The van der Waals surface area contributed by atoms with Gasteiger partial charge < -0.3 is 5.32 Å². The van der Waals surface area contributed by atoms with Crippen molar-refractivity contribution in [3.05, 3.63) is 0 Å². The van der Waals surface area contributed by atoms with E-state index in [-0.39, 0.29) is 0 Å². The predicted octanol–water partition coefficient (Wildman–Crippen LogP) is 2.12. The van der Waals surface area contributed by atoms with E-state index in [1.165, 1.54) is 12.8 Å². The van der Waals surface area contributed by atoms with Crippen LogP contribution >= 0.6 is 0 Å². The summed E-state index contributed by atoms with van der Waals surface area (Å²) in [6.07, 6.45) is 3.74. The van der Waals surface area contributed by atoms with Crippen LogP contribution in [0, 0.1) is 5.92 Å². The van der Waals surface area contributed by atoms with Gasteiger partial charge in [0.05, 0.1) is 6.17 Å². The lowest BCUT2D eigenvalue weighted by atomic mass is 9.95. The predicted molar refractivity (Wildman–Crippen MR) is 45.4 cm³/mol. The van der Waals surface area contributed by atoms with Gasteiger partial charge >= 0.3 is 0 Å². The van der Waals surface area contributed by atoms with Gasteiger partial charge in [0, 0.05) is 0 Å². The van der Waals surface area contributed by atoms with Crippen molar-refractivity contribution in [3.63, 3.8) is 0 Å². The fourth-order valence-electron chi connectivity index (χ4n) is 1.79. The first-order valence-electron chi connectivity index (χ1n) is 4.64. The summed E-state index contributed by atoms with van der Waals surface area (Å²) in [6, 6.07) is 0. The Morgan fingerprint density at radius 1 is 1.45 bits per heavy atom. The number of rotatable bonds is 2. The number of hydrogen-bond donors (Lipinski definition) is 1. The fraction of sp³-hybridized carbons (Fsp3) is 1.00. The highest BCUT2D eigenvalue weighted by Crippen LogP contribution is 2.20. The third-order valence-electron chi connectivity index (χ3n) is 2.35. The molecule has 1 N–H and O–H groups in total. The third kappa shape index (κ3) is 3.71. The molecule has 2 unspecified atom stereocenters. The summed E-state index contributed by atoms with van der Waals surface area (Å²) in [6.45, 7) is 3.87. The summed E-state index contributed by atoms with van der Waals surface area (Å²) < 4.78 is 12.6. The molecule has 0 aromatic rings. The van der Waals surface area contributed by atoms with Gasteiger partial charge in [0.25, 0.3) is 0 Å². The minimum absolute atomic E-state index is 0.613. The number of halogens is 1. The molecule has 0 amide bonds. The van der Waals surface area contributed by atoms with E-state index in [9.17, 15) is 4.39 Å². The molecular weight excluding hydrogens is 141 g/mol. The van der Waals surface area contributed by atoms with E-state index in [0.29, 0.717) is 5.92 Å². The van der Waals surface area contributed by atoms with Crippen molar-refractivity contribution >= 4 is 0 Å². The largest absolute Gasteiger partial charge is 0.317 e. The van der Waals surface area contributed by atoms with Crippen LogP contribution in [0.4, 0.5) is 4.39 Å². The molecule has 11 heavy (non-hydrogen) atoms. The van der Waals surface area contributed by atoms with Gasteiger partial charge in [0.1, 0.15) is 0 Å². The van der Waals surface area contributed by atoms with E-state index < -0.39 is 6.17 Å². The molecule has 0 aliphatic carbocycles. The Morgan fingerprint density at radius 3 is 3.00 bits per heavy atom. The third-order valence-corrected chi connectivity index (χ3v) is 2.35. The van der Waals surface area contributed by atoms with E-state index in [1.807, 2.05) is 0 Å². The second-order valence-corrected chi connectivity index (χ2v) is 3.56. The lowest BCUT2D eigenvalue weighted by Gasteiger charge is -2.13. The fourth-order valence-corrected chi connectivity index (χ4v) is 1.79. The van der Waals surface area contributed by atoms with Crippen LogP contribution in [0.3, 0.4) is 0 Å². The van der Waals surface area contributed by atoms with Crippen LogP contribution < -0.4 is 5.32 Å². The van der Waals surface area contributed by atoms with Crippen molar-refractivity contribution in [2.24, 2.45) is 5.92 Å². The highest BCUT2D eigenvalue weighted by atomic mass is 19.1. The Hall–Kier alpha value is -0.110. The van der Waals surface area contributed by atoms with Gasteiger partial charge in [-0.1, -0.05) is 0 Å². The van der Waals surface area contributed by atoms with Crippen LogP contribution in [0.2, 0.25) is 0 Å². The summed E-state index contributed by atoms with van der Waals surface area (Å²) in [5, 5.41) is 3.33. The molecule has 0 saturated carbocycles. The Morgan fingerprint density at radius 2 is 2.27 bits per heavy atom. The quantitative estimate of drug-likeness (QED) is 0.650. The molecule has 1 saturated heterocycles. The molecule has 1 rings (SSSR count). The second kappa shape index (κ2) is 4.70. The maximum Gasteiger partial charge on any atom is 0.0976 e. The van der Waals surface area contributed by atoms with Crippen LogP contribution in [0.15, 0.2) is 0 Å². The van der Waals surface area contributed by atoms with Crippen molar-refractivity contribution in [2.45, 2.75) is 38.8 Å². The Labute approximate surface area is 68.4 Å². The van der Waals surface area contributed by atoms with E-state index in [1.54, 1.807) is 6.92 Å². The van der Waals surface area contributed by atoms with Crippen molar-refractivity contribution in [3.8, 4) is 0 Å². The Bertz CT molecular complexity index is 95.7. The van der Waals surface area contributed by atoms with Crippen LogP contribution in [-0.4, -0.2) is 19.3 Å². The molecule has 0 spiro atoms. The Kier molecular flexibility index (Phi) is 3.84. The molecule has 0 radical (unpaired) electrons. The van der Waals surface area contributed by atoms with Crippen LogP contribution in [-0.2, 0) is 0 Å². The minimum Gasteiger partial charge on any atom is -0.317 e. The lowest BCUT2D eigenvalue weighted by Crippen LogP contribution is -2.14. The van der Waals surface area contributed by atoms with Gasteiger partial charge in [-0.15, -0.1) is 0 Å². The molecule has 2 atom stereocenters. The molecule has 1 heterocycles. The molecule has 0 aromatic heterocycles. The topological polar surface area (TPSA) is 12.0 Å². The average molecular weight is 159 g/mol. The molecule has 1 nitrogen and oxygen atoms in total. The zero-order valence-corrected chi connectivity index (χ0v) is 7.28. The van der Waals surface area contributed by atoms with E-state index in [2.05, 4.69) is 5.32 Å². The molecule has 0 bridgehead atoms. The van der Waals surface area contributed by atoms with Crippen molar-refractivity contribution in [2.75, 3.05) is 13.1 Å². The smallest absolute Gasteiger partial charge is 0.0976 e. The van der Waals surface area contributed by atoms with Crippen LogP contribution in [0.1, 0.15) is 32.6 Å². The highest BCUT2D eigenvalue weighted by Gasteiger charge is 2.14. The van der Waals surface area contributed by atoms with Gasteiger partial charge in [-0.2, -0.15) is 0 Å². The number of nitrogens with one attached hydrogen (secondary N) is 1. The first-order valence-corrected chi connectivity index (χ1v) is 4.64. The first kappa shape index (κ1) is 8.98. The first-order chi connectivity index (χ1) is 5.29. The van der Waals surface area contributed by atoms with Crippen molar-refractivity contribution in [1.82, 2.24) is 5.32 Å². The molecule has 1 fully saturated rings. The van der Waals surface area contributed by atoms with E-state index in [0.717, 1.165) is 25.9 Å². The molecule has 1 aliphatic rings. The SMILES string of the molecule is CC(F)CC1CCCNCC1. The minimum atomic E-state index is -0.613. The van der Waals surface area contributed by atoms with Gasteiger partial charge in [-0.05, 0) is 51.6 Å². The van der Waals surface area contributed by atoms with Gasteiger partial charge in [0.15, 0.2) is 0 Å². The Balaban J connectivity index is 2.20. The van der Waals surface area contributed by atoms with Gasteiger partial charge in [0.2, 0.25) is 0 Å². The molecular formula is C9H18FN. The summed E-state index contributed by atoms with van der Waals surface area (Å²) in [5.74, 6) is 0.630. The molecule has 2 heteroatoms. The molecule has 1 aliphatic heterocycles. The summed E-state index contributed by atoms with van der Waals surface area (Å²) in [4.78, 5) is 0. The second-order valence-electron chi connectivity index (χ2n) is 3.56. The lowest BCUT2D eigenvalue weighted by molar-refractivity contribution is 0.275. The van der Waals surface area contributed by atoms with Gasteiger partial charge in [-0.3, -0.25) is 0 Å². The summed E-state index contributed by atoms with van der Waals surface area (Å²) in [7, 11) is 0. The maximum absolute atomic E-state index is 12.6. The average Bonchev–Trinajstić information content (AvgIpc) is 2.14. The standard InChI is InChI=1S/C9H18FN/c1-8(10)7-9-3-2-5-11-6-4-9/h8-9,11H,2-7H2,1H3. The summed E-state index contributed by atoms with van der Waals surface area (Å²) in [5.41, 5.74) is 0. The maximum atomic E-state index is 12.6. The number of hydrogen-bond acceptors (Lipinski definition) is 1. The monoisotopic (exact) mass is 159 g/mol.